The lowest BCUT2D eigenvalue weighted by atomic mass is 10.3. The molecule has 4 aromatic rings. The van der Waals surface area contributed by atoms with Crippen molar-refractivity contribution in [2.75, 3.05) is 12.4 Å². The van der Waals surface area contributed by atoms with Crippen LogP contribution in [0.5, 0.6) is 11.5 Å². The van der Waals surface area contributed by atoms with Crippen LogP contribution in [0.3, 0.4) is 0 Å². The van der Waals surface area contributed by atoms with Gasteiger partial charge < -0.3 is 9.47 Å². The summed E-state index contributed by atoms with van der Waals surface area (Å²) < 4.78 is 12.8. The number of carbonyl (C=O) groups excluding carboxylic acids is 1. The predicted octanol–water partition coefficient (Wildman–Crippen LogP) is 4.45. The van der Waals surface area contributed by atoms with Gasteiger partial charge in [0.1, 0.15) is 12.3 Å². The third kappa shape index (κ3) is 4.30. The molecule has 0 bridgehead atoms. The summed E-state index contributed by atoms with van der Waals surface area (Å²) in [5.74, 6) is 1.15. The molecule has 4 rings (SSSR count). The maximum Gasteiger partial charge on any atom is 0.267 e. The standard InChI is InChI=1S/C20H18N4O3S2/c1-24-15(7-8-21-24)14-12-29-20(22-14)23-19(25)18-9-13(11-28-18)10-27-17-6-4-3-5-16(17)26-2/h3-9,11-12H,10H2,1-2H3,(H,22,23,25). The number of ether oxygens (including phenoxy) is 2. The topological polar surface area (TPSA) is 78.3 Å². The molecule has 0 saturated heterocycles. The zero-order valence-corrected chi connectivity index (χ0v) is 17.4. The van der Waals surface area contributed by atoms with Gasteiger partial charge in [-0.15, -0.1) is 22.7 Å². The van der Waals surface area contributed by atoms with Crippen molar-refractivity contribution in [3.8, 4) is 22.9 Å². The number of nitrogens with zero attached hydrogens (tertiary/aromatic N) is 3. The molecule has 0 saturated carbocycles. The van der Waals surface area contributed by atoms with Crippen LogP contribution in [0.15, 0.2) is 53.4 Å². The highest BCUT2D eigenvalue weighted by Crippen LogP contribution is 2.28. The van der Waals surface area contributed by atoms with Crippen molar-refractivity contribution < 1.29 is 14.3 Å². The number of para-hydroxylation sites is 2. The van der Waals surface area contributed by atoms with E-state index in [0.29, 0.717) is 28.1 Å². The van der Waals surface area contributed by atoms with Crippen LogP contribution in [0, 0.1) is 0 Å². The number of methoxy groups -OCH3 is 1. The Morgan fingerprint density at radius 3 is 2.76 bits per heavy atom. The first kappa shape index (κ1) is 19.2. The number of thiazole rings is 1. The van der Waals surface area contributed by atoms with Crippen LogP contribution in [0.25, 0.3) is 11.4 Å². The van der Waals surface area contributed by atoms with Crippen LogP contribution in [-0.4, -0.2) is 27.8 Å². The zero-order valence-electron chi connectivity index (χ0n) is 15.8. The summed E-state index contributed by atoms with van der Waals surface area (Å²) in [6, 6.07) is 11.2. The summed E-state index contributed by atoms with van der Waals surface area (Å²) >= 11 is 2.75. The van der Waals surface area contributed by atoms with Gasteiger partial charge >= 0.3 is 0 Å². The Hall–Kier alpha value is -3.17. The third-order valence-corrected chi connectivity index (χ3v) is 5.88. The molecule has 0 radical (unpaired) electrons. The van der Waals surface area contributed by atoms with Crippen LogP contribution in [0.1, 0.15) is 15.2 Å². The van der Waals surface area contributed by atoms with E-state index in [0.717, 1.165) is 17.0 Å². The fraction of sp³-hybridized carbons (Fsp3) is 0.150. The van der Waals surface area contributed by atoms with Crippen LogP contribution < -0.4 is 14.8 Å². The summed E-state index contributed by atoms with van der Waals surface area (Å²) in [5, 5.41) is 11.3. The van der Waals surface area contributed by atoms with Gasteiger partial charge in [0, 0.05) is 24.2 Å². The van der Waals surface area contributed by atoms with E-state index in [2.05, 4.69) is 15.4 Å². The molecule has 3 heterocycles. The number of carbonyl (C=O) groups is 1. The second-order valence-corrected chi connectivity index (χ2v) is 7.86. The van der Waals surface area contributed by atoms with Crippen LogP contribution in [0.4, 0.5) is 5.13 Å². The van der Waals surface area contributed by atoms with E-state index in [9.17, 15) is 4.79 Å². The molecule has 148 valence electrons. The third-order valence-electron chi connectivity index (χ3n) is 4.15. The van der Waals surface area contributed by atoms with Crippen molar-refractivity contribution in [2.24, 2.45) is 7.05 Å². The van der Waals surface area contributed by atoms with Gasteiger partial charge in [-0.25, -0.2) is 4.98 Å². The summed E-state index contributed by atoms with van der Waals surface area (Å²) in [6.07, 6.45) is 1.72. The molecule has 3 aromatic heterocycles. The molecule has 0 aliphatic carbocycles. The van der Waals surface area contributed by atoms with Crippen molar-refractivity contribution in [3.05, 3.63) is 63.8 Å². The Kier molecular flexibility index (Phi) is 5.59. The second kappa shape index (κ2) is 8.46. The first-order chi connectivity index (χ1) is 14.1. The molecule has 0 fully saturated rings. The monoisotopic (exact) mass is 426 g/mol. The number of amides is 1. The maximum atomic E-state index is 12.6. The predicted molar refractivity (Wildman–Crippen MR) is 114 cm³/mol. The highest BCUT2D eigenvalue weighted by atomic mass is 32.1. The van der Waals surface area contributed by atoms with Crippen molar-refractivity contribution >= 4 is 33.7 Å². The number of aryl methyl sites for hydroxylation is 1. The summed E-state index contributed by atoms with van der Waals surface area (Å²) in [7, 11) is 3.46. The first-order valence-electron chi connectivity index (χ1n) is 8.72. The number of hydrogen-bond acceptors (Lipinski definition) is 7. The number of anilines is 1. The molecule has 1 amide bonds. The highest BCUT2D eigenvalue weighted by Gasteiger charge is 2.14. The van der Waals surface area contributed by atoms with Crippen molar-refractivity contribution in [3.63, 3.8) is 0 Å². The smallest absolute Gasteiger partial charge is 0.267 e. The number of aromatic nitrogens is 3. The van der Waals surface area contributed by atoms with E-state index in [-0.39, 0.29) is 5.91 Å². The molecule has 7 nitrogen and oxygen atoms in total. The lowest BCUT2D eigenvalue weighted by molar-refractivity contribution is 0.103. The second-order valence-electron chi connectivity index (χ2n) is 6.09. The SMILES string of the molecule is COc1ccccc1OCc1csc(C(=O)Nc2nc(-c3ccnn3C)cs2)c1. The van der Waals surface area contributed by atoms with Crippen molar-refractivity contribution in [1.29, 1.82) is 0 Å². The van der Waals surface area contributed by atoms with Gasteiger partial charge in [0.15, 0.2) is 16.6 Å². The highest BCUT2D eigenvalue weighted by molar-refractivity contribution is 7.14. The molecular weight excluding hydrogens is 408 g/mol. The van der Waals surface area contributed by atoms with Crippen LogP contribution in [0.2, 0.25) is 0 Å². The fourth-order valence-electron chi connectivity index (χ4n) is 2.70. The van der Waals surface area contributed by atoms with Gasteiger partial charge in [0.25, 0.3) is 5.91 Å². The van der Waals surface area contributed by atoms with Crippen LogP contribution >= 0.6 is 22.7 Å². The molecule has 0 aliphatic rings. The average Bonchev–Trinajstić information content (AvgIpc) is 3.47. The largest absolute Gasteiger partial charge is 0.493 e. The van der Waals surface area contributed by atoms with Gasteiger partial charge in [-0.3, -0.25) is 14.8 Å². The number of rotatable bonds is 7. The van der Waals surface area contributed by atoms with E-state index in [1.165, 1.54) is 22.7 Å². The minimum absolute atomic E-state index is 0.190. The van der Waals surface area contributed by atoms with E-state index in [1.54, 1.807) is 18.0 Å². The van der Waals surface area contributed by atoms with Gasteiger partial charge in [-0.1, -0.05) is 12.1 Å². The summed E-state index contributed by atoms with van der Waals surface area (Å²) in [6.45, 7) is 0.353. The first-order valence-corrected chi connectivity index (χ1v) is 10.5. The van der Waals surface area contributed by atoms with Gasteiger partial charge in [-0.2, -0.15) is 5.10 Å². The number of nitrogens with one attached hydrogen (secondary N) is 1. The van der Waals surface area contributed by atoms with E-state index in [1.807, 2.05) is 54.2 Å². The molecule has 0 aliphatic heterocycles. The maximum absolute atomic E-state index is 12.6. The minimum Gasteiger partial charge on any atom is -0.493 e. The molecule has 1 N–H and O–H groups in total. The Morgan fingerprint density at radius 2 is 2.00 bits per heavy atom. The van der Waals surface area contributed by atoms with Crippen LogP contribution in [-0.2, 0) is 13.7 Å². The van der Waals surface area contributed by atoms with Gasteiger partial charge in [0.2, 0.25) is 0 Å². The number of thiophene rings is 1. The Bertz CT molecular complexity index is 1130. The number of hydrogen-bond donors (Lipinski definition) is 1. The quantitative estimate of drug-likeness (QED) is 0.473. The molecule has 0 atom stereocenters. The van der Waals surface area contributed by atoms with Crippen molar-refractivity contribution in [1.82, 2.24) is 14.8 Å². The van der Waals surface area contributed by atoms with E-state index >= 15 is 0 Å². The molecule has 0 unspecified atom stereocenters. The summed E-state index contributed by atoms with van der Waals surface area (Å²) in [5.41, 5.74) is 2.59. The zero-order chi connectivity index (χ0) is 20.2. The number of benzene rings is 1. The molecule has 1 aromatic carbocycles. The normalized spacial score (nSPS) is 10.7. The average molecular weight is 427 g/mol. The van der Waals surface area contributed by atoms with E-state index in [4.69, 9.17) is 9.47 Å². The fourth-order valence-corrected chi connectivity index (χ4v) is 4.19. The minimum atomic E-state index is -0.190. The molecular formula is C20H18N4O3S2. The Morgan fingerprint density at radius 1 is 1.17 bits per heavy atom. The molecule has 29 heavy (non-hydrogen) atoms. The van der Waals surface area contributed by atoms with E-state index < -0.39 is 0 Å². The van der Waals surface area contributed by atoms with Crippen molar-refractivity contribution in [2.45, 2.75) is 6.61 Å². The lowest BCUT2D eigenvalue weighted by Crippen LogP contribution is -2.10. The summed E-state index contributed by atoms with van der Waals surface area (Å²) in [4.78, 5) is 17.6. The van der Waals surface area contributed by atoms with Gasteiger partial charge in [0.05, 0.1) is 17.7 Å². The Labute approximate surface area is 175 Å². The Balaban J connectivity index is 1.39. The molecule has 9 heteroatoms. The lowest BCUT2D eigenvalue weighted by Gasteiger charge is -2.09. The van der Waals surface area contributed by atoms with Gasteiger partial charge in [-0.05, 0) is 29.6 Å². The molecule has 0 spiro atoms.